The number of rotatable bonds is 3. The molecule has 8 heteroatoms. The molecule has 0 radical (unpaired) electrons. The van der Waals surface area contributed by atoms with E-state index >= 15 is 0 Å². The number of fused-ring (bicyclic) bond motifs is 1. The van der Waals surface area contributed by atoms with E-state index < -0.39 is 11.9 Å². The Morgan fingerprint density at radius 3 is 2.73 bits per heavy atom. The van der Waals surface area contributed by atoms with Crippen molar-refractivity contribution in [2.24, 2.45) is 0 Å². The van der Waals surface area contributed by atoms with Crippen molar-refractivity contribution in [1.82, 2.24) is 25.2 Å². The second kappa shape index (κ2) is 5.48. The van der Waals surface area contributed by atoms with Gasteiger partial charge in [-0.25, -0.2) is 4.68 Å². The largest absolute Gasteiger partial charge is 0.322 e. The van der Waals surface area contributed by atoms with E-state index in [2.05, 4.69) is 15.6 Å². The molecule has 3 aliphatic rings. The number of nitrogens with one attached hydrogen (secondary N) is 1. The molecule has 1 aromatic heterocycles. The molecule has 1 atom stereocenters. The smallest absolute Gasteiger partial charge is 0.255 e. The quantitative estimate of drug-likeness (QED) is 0.829. The number of nitrogens with zero attached hydrogens (tertiary/aromatic N) is 4. The first-order chi connectivity index (χ1) is 12.6. The van der Waals surface area contributed by atoms with E-state index in [1.807, 2.05) is 18.3 Å². The van der Waals surface area contributed by atoms with Crippen molar-refractivity contribution in [2.45, 2.75) is 44.2 Å². The van der Waals surface area contributed by atoms with Crippen LogP contribution in [0.4, 0.5) is 0 Å². The first-order valence-electron chi connectivity index (χ1n) is 8.80. The fourth-order valence-corrected chi connectivity index (χ4v) is 3.65. The molecule has 2 aromatic rings. The maximum atomic E-state index is 12.8. The van der Waals surface area contributed by atoms with Gasteiger partial charge in [0.15, 0.2) is 0 Å². The van der Waals surface area contributed by atoms with E-state index in [1.54, 1.807) is 15.6 Å². The highest BCUT2D eigenvalue weighted by Crippen LogP contribution is 2.39. The lowest BCUT2D eigenvalue weighted by Crippen LogP contribution is -2.52. The molecule has 2 fully saturated rings. The molecule has 5 rings (SSSR count). The molecule has 0 bridgehead atoms. The van der Waals surface area contributed by atoms with Crippen LogP contribution in [0.5, 0.6) is 0 Å². The summed E-state index contributed by atoms with van der Waals surface area (Å²) >= 11 is 0. The summed E-state index contributed by atoms with van der Waals surface area (Å²) in [6.07, 6.45) is 4.84. The summed E-state index contributed by atoms with van der Waals surface area (Å²) in [4.78, 5) is 37.8. The molecular weight excluding hydrogens is 334 g/mol. The van der Waals surface area contributed by atoms with E-state index in [1.165, 1.54) is 0 Å². The third-order valence-corrected chi connectivity index (χ3v) is 5.28. The fourth-order valence-electron chi connectivity index (χ4n) is 3.65. The normalized spacial score (nSPS) is 22.5. The predicted octanol–water partition coefficient (Wildman–Crippen LogP) is 0.906. The van der Waals surface area contributed by atoms with Gasteiger partial charge in [0.05, 0.1) is 17.6 Å². The summed E-state index contributed by atoms with van der Waals surface area (Å²) in [6.45, 7) is 0.380. The molecule has 132 valence electrons. The van der Waals surface area contributed by atoms with Crippen LogP contribution in [-0.4, -0.2) is 43.7 Å². The Balaban J connectivity index is 1.42. The second-order valence-electron chi connectivity index (χ2n) is 7.10. The summed E-state index contributed by atoms with van der Waals surface area (Å²) in [5.41, 5.74) is 3.23. The highest BCUT2D eigenvalue weighted by molar-refractivity contribution is 6.05. The van der Waals surface area contributed by atoms with Gasteiger partial charge in [0.25, 0.3) is 5.91 Å². The van der Waals surface area contributed by atoms with Crippen LogP contribution in [-0.2, 0) is 16.1 Å². The van der Waals surface area contributed by atoms with Crippen molar-refractivity contribution in [3.8, 4) is 5.69 Å². The monoisotopic (exact) mass is 351 g/mol. The third-order valence-electron chi connectivity index (χ3n) is 5.28. The Morgan fingerprint density at radius 1 is 1.12 bits per heavy atom. The minimum Gasteiger partial charge on any atom is -0.322 e. The third kappa shape index (κ3) is 2.40. The molecule has 2 aliphatic heterocycles. The Labute approximate surface area is 149 Å². The number of carbonyl (C=O) groups is 3. The van der Waals surface area contributed by atoms with Gasteiger partial charge in [0, 0.05) is 24.4 Å². The molecule has 1 aromatic carbocycles. The van der Waals surface area contributed by atoms with Crippen molar-refractivity contribution in [1.29, 1.82) is 0 Å². The standard InChI is InChI=1S/C18H17N5O3/c24-16-6-5-15(17(25)19-16)22-8-11-3-4-12(7-13(11)18(22)26)23-9-14(20-21-23)10-1-2-10/h3-4,7,9-10,15H,1-2,5-6,8H2,(H,19,24,25). The molecule has 8 nitrogen and oxygen atoms in total. The van der Waals surface area contributed by atoms with E-state index in [9.17, 15) is 14.4 Å². The number of carbonyl (C=O) groups excluding carboxylic acids is 3. The zero-order valence-corrected chi connectivity index (χ0v) is 14.0. The molecule has 3 amide bonds. The summed E-state index contributed by atoms with van der Waals surface area (Å²) in [6, 6.07) is 5.01. The van der Waals surface area contributed by atoms with Gasteiger partial charge in [0.1, 0.15) is 6.04 Å². The average Bonchev–Trinajstić information content (AvgIpc) is 3.27. The maximum Gasteiger partial charge on any atom is 0.255 e. The van der Waals surface area contributed by atoms with Crippen LogP contribution in [0.1, 0.15) is 53.2 Å². The van der Waals surface area contributed by atoms with Crippen molar-refractivity contribution in [3.05, 3.63) is 41.2 Å². The maximum absolute atomic E-state index is 12.8. The molecule has 1 unspecified atom stereocenters. The number of aromatic nitrogens is 3. The molecule has 1 aliphatic carbocycles. The highest BCUT2D eigenvalue weighted by Gasteiger charge is 2.39. The van der Waals surface area contributed by atoms with E-state index in [4.69, 9.17) is 0 Å². The molecule has 0 spiro atoms. The average molecular weight is 351 g/mol. The minimum absolute atomic E-state index is 0.182. The van der Waals surface area contributed by atoms with Crippen molar-refractivity contribution >= 4 is 17.7 Å². The first kappa shape index (κ1) is 15.2. The van der Waals surface area contributed by atoms with Gasteiger partial charge >= 0.3 is 0 Å². The summed E-state index contributed by atoms with van der Waals surface area (Å²) in [5.74, 6) is -0.343. The minimum atomic E-state index is -0.594. The number of piperidine rings is 1. The summed E-state index contributed by atoms with van der Waals surface area (Å²) in [7, 11) is 0. The number of imide groups is 1. The van der Waals surface area contributed by atoms with Crippen LogP contribution in [0.3, 0.4) is 0 Å². The van der Waals surface area contributed by atoms with Gasteiger partial charge < -0.3 is 4.90 Å². The topological polar surface area (TPSA) is 97.2 Å². The SMILES string of the molecule is O=C1CCC(N2Cc3ccc(-n4cc(C5CC5)nn4)cc3C2=O)C(=O)N1. The number of hydrogen-bond acceptors (Lipinski definition) is 5. The van der Waals surface area contributed by atoms with Crippen LogP contribution in [0.2, 0.25) is 0 Å². The van der Waals surface area contributed by atoms with Crippen LogP contribution >= 0.6 is 0 Å². The zero-order valence-electron chi connectivity index (χ0n) is 14.0. The summed E-state index contributed by atoms with van der Waals surface area (Å²) < 4.78 is 1.69. The Morgan fingerprint density at radius 2 is 1.96 bits per heavy atom. The Hall–Kier alpha value is -3.03. The van der Waals surface area contributed by atoms with Crippen LogP contribution < -0.4 is 5.32 Å². The Kier molecular flexibility index (Phi) is 3.22. The zero-order chi connectivity index (χ0) is 17.8. The van der Waals surface area contributed by atoms with Gasteiger partial charge in [-0.1, -0.05) is 11.3 Å². The molecule has 1 N–H and O–H groups in total. The molecule has 3 heterocycles. The fraction of sp³-hybridized carbons (Fsp3) is 0.389. The van der Waals surface area contributed by atoms with E-state index in [0.717, 1.165) is 29.8 Å². The number of amides is 3. The van der Waals surface area contributed by atoms with E-state index in [-0.39, 0.29) is 18.2 Å². The first-order valence-corrected chi connectivity index (χ1v) is 8.80. The van der Waals surface area contributed by atoms with Gasteiger partial charge in [-0.05, 0) is 37.0 Å². The van der Waals surface area contributed by atoms with Crippen molar-refractivity contribution in [2.75, 3.05) is 0 Å². The summed E-state index contributed by atoms with van der Waals surface area (Å²) in [5, 5.41) is 10.7. The van der Waals surface area contributed by atoms with Crippen molar-refractivity contribution < 1.29 is 14.4 Å². The number of hydrogen-bond donors (Lipinski definition) is 1. The molecule has 26 heavy (non-hydrogen) atoms. The molecular formula is C18H17N5O3. The lowest BCUT2D eigenvalue weighted by Gasteiger charge is -2.29. The van der Waals surface area contributed by atoms with Crippen molar-refractivity contribution in [3.63, 3.8) is 0 Å². The highest BCUT2D eigenvalue weighted by atomic mass is 16.2. The molecule has 1 saturated heterocycles. The van der Waals surface area contributed by atoms with E-state index in [0.29, 0.717) is 24.4 Å². The van der Waals surface area contributed by atoms with Gasteiger partial charge in [-0.15, -0.1) is 5.10 Å². The van der Waals surface area contributed by atoms with Crippen LogP contribution in [0, 0.1) is 0 Å². The lowest BCUT2D eigenvalue weighted by atomic mass is 10.0. The molecule has 1 saturated carbocycles. The second-order valence-corrected chi connectivity index (χ2v) is 7.10. The van der Waals surface area contributed by atoms with Gasteiger partial charge in [0.2, 0.25) is 11.8 Å². The van der Waals surface area contributed by atoms with Crippen LogP contribution in [0.25, 0.3) is 5.69 Å². The Bertz CT molecular complexity index is 946. The van der Waals surface area contributed by atoms with Gasteiger partial charge in [-0.3, -0.25) is 19.7 Å². The lowest BCUT2D eigenvalue weighted by molar-refractivity contribution is -0.136. The number of benzene rings is 1. The van der Waals surface area contributed by atoms with Crippen LogP contribution in [0.15, 0.2) is 24.4 Å². The predicted molar refractivity (Wildman–Crippen MR) is 89.4 cm³/mol. The van der Waals surface area contributed by atoms with Gasteiger partial charge in [-0.2, -0.15) is 0 Å².